The summed E-state index contributed by atoms with van der Waals surface area (Å²) in [5.41, 5.74) is 1.09. The van der Waals surface area contributed by atoms with Crippen molar-refractivity contribution < 1.29 is 4.79 Å². The van der Waals surface area contributed by atoms with Crippen molar-refractivity contribution in [3.63, 3.8) is 0 Å². The van der Waals surface area contributed by atoms with Gasteiger partial charge in [-0.25, -0.2) is 9.97 Å². The molecule has 0 atom stereocenters. The van der Waals surface area contributed by atoms with Crippen LogP contribution in [0.1, 0.15) is 23.0 Å². The Hall–Kier alpha value is -1.19. The molecule has 0 bridgehead atoms. The van der Waals surface area contributed by atoms with Crippen molar-refractivity contribution in [2.45, 2.75) is 23.3 Å². The fourth-order valence-corrected chi connectivity index (χ4v) is 3.40. The van der Waals surface area contributed by atoms with E-state index in [-0.39, 0.29) is 5.91 Å². The molecule has 2 heterocycles. The number of nitrogens with one attached hydrogen (secondary N) is 1. The Kier molecular flexibility index (Phi) is 5.32. The van der Waals surface area contributed by atoms with Gasteiger partial charge in [0.2, 0.25) is 5.13 Å². The van der Waals surface area contributed by atoms with Gasteiger partial charge >= 0.3 is 0 Å². The zero-order chi connectivity index (χ0) is 14.5. The Labute approximate surface area is 129 Å². The molecule has 0 aliphatic carbocycles. The van der Waals surface area contributed by atoms with Crippen LogP contribution in [0.3, 0.4) is 0 Å². The van der Waals surface area contributed by atoms with Gasteiger partial charge in [0.15, 0.2) is 9.50 Å². The van der Waals surface area contributed by atoms with E-state index in [0.29, 0.717) is 21.5 Å². The van der Waals surface area contributed by atoms with Crippen molar-refractivity contribution in [1.29, 1.82) is 0 Å². The Morgan fingerprint density at radius 2 is 2.25 bits per heavy atom. The maximum absolute atomic E-state index is 12.1. The lowest BCUT2D eigenvalue weighted by Gasteiger charge is -2.04. The van der Waals surface area contributed by atoms with E-state index in [1.807, 2.05) is 13.2 Å². The normalized spacial score (nSPS) is 10.6. The van der Waals surface area contributed by atoms with E-state index in [1.165, 1.54) is 29.3 Å². The third kappa shape index (κ3) is 3.68. The number of aromatic nitrogens is 4. The van der Waals surface area contributed by atoms with E-state index in [4.69, 9.17) is 0 Å². The number of thioether (sulfide) groups is 2. The number of carbonyl (C=O) groups excluding carboxylic acids is 1. The molecule has 9 heteroatoms. The van der Waals surface area contributed by atoms with Crippen LogP contribution in [0.5, 0.6) is 0 Å². The van der Waals surface area contributed by atoms with E-state index in [0.717, 1.165) is 10.1 Å². The van der Waals surface area contributed by atoms with Gasteiger partial charge in [0, 0.05) is 6.20 Å². The Morgan fingerprint density at radius 3 is 2.90 bits per heavy atom. The lowest BCUT2D eigenvalue weighted by atomic mass is 10.2. The standard InChI is InChI=1S/C11H13N5OS3/c1-4-19-11-16-15-10(20-11)14-8(17)7-5-12-9(18-3)13-6(7)2/h5H,4H2,1-3H3,(H,14,15,17). The minimum absolute atomic E-state index is 0.264. The lowest BCUT2D eigenvalue weighted by molar-refractivity contribution is 0.102. The van der Waals surface area contributed by atoms with Gasteiger partial charge in [-0.15, -0.1) is 10.2 Å². The van der Waals surface area contributed by atoms with Crippen LogP contribution in [0.25, 0.3) is 0 Å². The molecule has 0 spiro atoms. The summed E-state index contributed by atoms with van der Waals surface area (Å²) < 4.78 is 0.841. The van der Waals surface area contributed by atoms with Crippen LogP contribution in [0, 0.1) is 6.92 Å². The molecule has 2 rings (SSSR count). The number of aryl methyl sites for hydroxylation is 1. The van der Waals surface area contributed by atoms with E-state index >= 15 is 0 Å². The SMILES string of the molecule is CCSc1nnc(NC(=O)c2cnc(SC)nc2C)s1. The van der Waals surface area contributed by atoms with Crippen molar-refractivity contribution >= 4 is 45.9 Å². The molecular weight excluding hydrogens is 314 g/mol. The first-order valence-electron chi connectivity index (χ1n) is 5.79. The average molecular weight is 327 g/mol. The van der Waals surface area contributed by atoms with Gasteiger partial charge in [-0.3, -0.25) is 10.1 Å². The summed E-state index contributed by atoms with van der Waals surface area (Å²) in [5, 5.41) is 11.8. The van der Waals surface area contributed by atoms with Gasteiger partial charge in [0.1, 0.15) is 0 Å². The maximum Gasteiger partial charge on any atom is 0.260 e. The van der Waals surface area contributed by atoms with E-state index in [9.17, 15) is 4.79 Å². The predicted octanol–water partition coefficient (Wildman–Crippen LogP) is 2.72. The molecule has 2 aromatic rings. The quantitative estimate of drug-likeness (QED) is 0.514. The minimum Gasteiger partial charge on any atom is -0.296 e. The second-order valence-corrected chi connectivity index (χ2v) is 6.88. The number of nitrogens with zero attached hydrogens (tertiary/aromatic N) is 4. The van der Waals surface area contributed by atoms with Crippen molar-refractivity contribution in [2.24, 2.45) is 0 Å². The van der Waals surface area contributed by atoms with Crippen LogP contribution in [0.15, 0.2) is 15.7 Å². The van der Waals surface area contributed by atoms with E-state index in [2.05, 4.69) is 25.5 Å². The monoisotopic (exact) mass is 327 g/mol. The van der Waals surface area contributed by atoms with Crippen molar-refractivity contribution in [1.82, 2.24) is 20.2 Å². The summed E-state index contributed by atoms with van der Waals surface area (Å²) in [6.45, 7) is 3.83. The molecule has 0 aliphatic heterocycles. The molecule has 0 aromatic carbocycles. The summed E-state index contributed by atoms with van der Waals surface area (Å²) in [6.07, 6.45) is 3.43. The van der Waals surface area contributed by atoms with Gasteiger partial charge in [-0.2, -0.15) is 0 Å². The number of hydrogen-bond acceptors (Lipinski definition) is 8. The van der Waals surface area contributed by atoms with E-state index in [1.54, 1.807) is 18.7 Å². The summed E-state index contributed by atoms with van der Waals surface area (Å²) in [5.74, 6) is 0.658. The molecule has 106 valence electrons. The highest BCUT2D eigenvalue weighted by Gasteiger charge is 2.14. The van der Waals surface area contributed by atoms with Gasteiger partial charge in [-0.1, -0.05) is 41.8 Å². The van der Waals surface area contributed by atoms with Crippen LogP contribution in [-0.2, 0) is 0 Å². The van der Waals surface area contributed by atoms with Gasteiger partial charge in [0.25, 0.3) is 5.91 Å². The molecule has 0 fully saturated rings. The molecule has 0 saturated heterocycles. The number of amides is 1. The number of anilines is 1. The third-order valence-corrected chi connectivity index (χ3v) is 4.70. The molecule has 0 radical (unpaired) electrons. The molecular formula is C11H13N5OS3. The predicted molar refractivity (Wildman–Crippen MR) is 82.8 cm³/mol. The summed E-state index contributed by atoms with van der Waals surface area (Å²) >= 11 is 4.39. The lowest BCUT2D eigenvalue weighted by Crippen LogP contribution is -2.14. The molecule has 0 unspecified atom stereocenters. The summed E-state index contributed by atoms with van der Waals surface area (Å²) in [6, 6.07) is 0. The Balaban J connectivity index is 2.11. The highest BCUT2D eigenvalue weighted by molar-refractivity contribution is 8.01. The minimum atomic E-state index is -0.264. The summed E-state index contributed by atoms with van der Waals surface area (Å²) in [7, 11) is 0. The van der Waals surface area contributed by atoms with Crippen molar-refractivity contribution in [2.75, 3.05) is 17.3 Å². The fraction of sp³-hybridized carbons (Fsp3) is 0.364. The van der Waals surface area contributed by atoms with Gasteiger partial charge in [0.05, 0.1) is 11.3 Å². The molecule has 2 aromatic heterocycles. The second-order valence-electron chi connectivity index (χ2n) is 3.62. The second kappa shape index (κ2) is 7.00. The molecule has 0 aliphatic rings. The molecule has 0 saturated carbocycles. The van der Waals surface area contributed by atoms with Crippen LogP contribution < -0.4 is 5.32 Å². The first-order valence-corrected chi connectivity index (χ1v) is 8.82. The number of carbonyl (C=O) groups is 1. The third-order valence-electron chi connectivity index (χ3n) is 2.28. The first-order chi connectivity index (χ1) is 9.63. The van der Waals surface area contributed by atoms with Crippen LogP contribution in [-0.4, -0.2) is 38.1 Å². The fourth-order valence-electron chi connectivity index (χ4n) is 1.37. The topological polar surface area (TPSA) is 80.7 Å². The number of rotatable bonds is 5. The average Bonchev–Trinajstić information content (AvgIpc) is 2.86. The van der Waals surface area contributed by atoms with Crippen molar-refractivity contribution in [3.05, 3.63) is 17.5 Å². The Bertz CT molecular complexity index is 616. The summed E-state index contributed by atoms with van der Waals surface area (Å²) in [4.78, 5) is 20.5. The zero-order valence-corrected chi connectivity index (χ0v) is 13.7. The van der Waals surface area contributed by atoms with Crippen LogP contribution in [0.2, 0.25) is 0 Å². The number of hydrogen-bond donors (Lipinski definition) is 1. The Morgan fingerprint density at radius 1 is 1.45 bits per heavy atom. The highest BCUT2D eigenvalue weighted by Crippen LogP contribution is 2.25. The molecule has 20 heavy (non-hydrogen) atoms. The first kappa shape index (κ1) is 15.2. The largest absolute Gasteiger partial charge is 0.296 e. The van der Waals surface area contributed by atoms with Crippen molar-refractivity contribution in [3.8, 4) is 0 Å². The molecule has 1 amide bonds. The maximum atomic E-state index is 12.1. The smallest absolute Gasteiger partial charge is 0.260 e. The van der Waals surface area contributed by atoms with Gasteiger partial charge in [-0.05, 0) is 18.9 Å². The molecule has 1 N–H and O–H groups in total. The highest BCUT2D eigenvalue weighted by atomic mass is 32.2. The zero-order valence-electron chi connectivity index (χ0n) is 11.2. The van der Waals surface area contributed by atoms with Gasteiger partial charge < -0.3 is 0 Å². The van der Waals surface area contributed by atoms with E-state index < -0.39 is 0 Å². The molecule has 6 nitrogen and oxygen atoms in total. The van der Waals surface area contributed by atoms with Crippen LogP contribution in [0.4, 0.5) is 5.13 Å². The van der Waals surface area contributed by atoms with Crippen LogP contribution >= 0.6 is 34.9 Å².